The van der Waals surface area contributed by atoms with Crippen LogP contribution in [0.2, 0.25) is 0 Å². The highest BCUT2D eigenvalue weighted by molar-refractivity contribution is 6.17. The number of aromatic nitrogens is 2. The summed E-state index contributed by atoms with van der Waals surface area (Å²) in [6, 6.07) is 23.7. The number of rotatable bonds is 7. The van der Waals surface area contributed by atoms with Crippen molar-refractivity contribution in [2.45, 2.75) is 37.3 Å². The topological polar surface area (TPSA) is 29.9 Å². The van der Waals surface area contributed by atoms with Crippen LogP contribution in [0.5, 0.6) is 0 Å². The zero-order valence-electron chi connectivity index (χ0n) is 14.8. The number of anilines is 1. The summed E-state index contributed by atoms with van der Waals surface area (Å²) in [4.78, 5) is 0. The van der Waals surface area contributed by atoms with E-state index in [0.29, 0.717) is 0 Å². The lowest BCUT2D eigenvalue weighted by molar-refractivity contribution is 0.334. The van der Waals surface area contributed by atoms with Crippen molar-refractivity contribution in [3.8, 4) is 0 Å². The minimum absolute atomic E-state index is 0.132. The number of alkyl halides is 1. The van der Waals surface area contributed by atoms with Crippen molar-refractivity contribution in [2.24, 2.45) is 0 Å². The number of hydrogen-bond acceptors (Lipinski definition) is 2. The van der Waals surface area contributed by atoms with Gasteiger partial charge in [0.25, 0.3) is 0 Å². The molecule has 1 aliphatic rings. The average molecular weight is 366 g/mol. The maximum absolute atomic E-state index is 5.90. The molecule has 2 aromatic carbocycles. The van der Waals surface area contributed by atoms with Crippen molar-refractivity contribution < 1.29 is 0 Å². The Labute approximate surface area is 160 Å². The Morgan fingerprint density at radius 2 is 1.65 bits per heavy atom. The largest absolute Gasteiger partial charge is 0.358 e. The van der Waals surface area contributed by atoms with E-state index in [4.69, 9.17) is 11.6 Å². The Hall–Kier alpha value is -2.26. The van der Waals surface area contributed by atoms with Crippen LogP contribution in [0.1, 0.15) is 42.9 Å². The number of nitrogens with zero attached hydrogens (tertiary/aromatic N) is 2. The first-order valence-corrected chi connectivity index (χ1v) is 9.87. The van der Waals surface area contributed by atoms with Gasteiger partial charge in [0.1, 0.15) is 11.9 Å². The van der Waals surface area contributed by atoms with Crippen LogP contribution < -0.4 is 5.32 Å². The number of fused-ring (bicyclic) bond motifs is 1. The molecule has 0 amide bonds. The lowest BCUT2D eigenvalue weighted by Crippen LogP contribution is -2.39. The summed E-state index contributed by atoms with van der Waals surface area (Å²) < 4.78 is 2.14. The molecule has 2 unspecified atom stereocenters. The molecule has 0 spiro atoms. The fraction of sp³-hybridized carbons (Fsp3) is 0.318. The van der Waals surface area contributed by atoms with Crippen molar-refractivity contribution in [3.63, 3.8) is 0 Å². The van der Waals surface area contributed by atoms with Crippen molar-refractivity contribution in [3.05, 3.63) is 84.1 Å². The van der Waals surface area contributed by atoms with E-state index in [1.54, 1.807) is 0 Å². The van der Waals surface area contributed by atoms with Gasteiger partial charge in [-0.25, -0.2) is 4.68 Å². The second-order valence-corrected chi connectivity index (χ2v) is 7.31. The lowest BCUT2D eigenvalue weighted by Gasteiger charge is -2.37. The molecule has 1 aromatic heterocycles. The maximum atomic E-state index is 5.90. The molecule has 0 bridgehead atoms. The third kappa shape index (κ3) is 3.01. The number of unbranched alkanes of at least 4 members (excludes halogenated alkanes) is 2. The molecule has 0 fully saturated rings. The number of nitrogens with one attached hydrogen (secondary N) is 1. The molecule has 3 nitrogen and oxygen atoms in total. The molecule has 4 heteroatoms. The minimum atomic E-state index is -0.196. The van der Waals surface area contributed by atoms with Gasteiger partial charge in [-0.15, -0.1) is 11.6 Å². The van der Waals surface area contributed by atoms with Crippen LogP contribution >= 0.6 is 11.6 Å². The van der Waals surface area contributed by atoms with Crippen LogP contribution in [0, 0.1) is 0 Å². The summed E-state index contributed by atoms with van der Waals surface area (Å²) in [5, 5.41) is 8.49. The molecule has 1 N–H and O–H groups in total. The van der Waals surface area contributed by atoms with Crippen molar-refractivity contribution in [1.82, 2.24) is 9.78 Å². The van der Waals surface area contributed by atoms with Crippen LogP contribution in [-0.2, 0) is 5.54 Å². The van der Waals surface area contributed by atoms with Crippen LogP contribution in [0.3, 0.4) is 0 Å². The Kier molecular flexibility index (Phi) is 4.98. The van der Waals surface area contributed by atoms with Gasteiger partial charge >= 0.3 is 0 Å². The predicted octanol–water partition coefficient (Wildman–Crippen LogP) is 5.59. The molecule has 2 heterocycles. The van der Waals surface area contributed by atoms with E-state index in [9.17, 15) is 0 Å². The fourth-order valence-corrected chi connectivity index (χ4v) is 4.36. The summed E-state index contributed by atoms with van der Waals surface area (Å²) in [7, 11) is 0. The first-order valence-electron chi connectivity index (χ1n) is 9.33. The van der Waals surface area contributed by atoms with Gasteiger partial charge in [0.15, 0.2) is 0 Å². The molecule has 2 atom stereocenters. The predicted molar refractivity (Wildman–Crippen MR) is 108 cm³/mol. The van der Waals surface area contributed by atoms with E-state index in [1.807, 2.05) is 6.20 Å². The zero-order valence-corrected chi connectivity index (χ0v) is 15.6. The molecule has 0 saturated carbocycles. The monoisotopic (exact) mass is 365 g/mol. The highest BCUT2D eigenvalue weighted by Crippen LogP contribution is 2.49. The standard InChI is InChI=1S/C22H24ClN3/c23-16-9-3-8-15-22(19-12-6-2-7-13-19)21(18-10-4-1-5-11-18)26-20(25-22)14-17-24-26/h1-2,4-7,10-14,17,21,25H,3,8-9,15-16H2. The van der Waals surface area contributed by atoms with Crippen molar-refractivity contribution in [1.29, 1.82) is 0 Å². The Morgan fingerprint density at radius 1 is 0.923 bits per heavy atom. The molecule has 4 rings (SSSR count). The third-order valence-corrected chi connectivity index (χ3v) is 5.61. The number of hydrogen-bond donors (Lipinski definition) is 1. The van der Waals surface area contributed by atoms with Crippen LogP contribution in [0.4, 0.5) is 5.82 Å². The van der Waals surface area contributed by atoms with Gasteiger partial charge in [-0.05, 0) is 24.0 Å². The zero-order chi connectivity index (χ0) is 17.8. The van der Waals surface area contributed by atoms with E-state index in [0.717, 1.165) is 37.4 Å². The van der Waals surface area contributed by atoms with E-state index < -0.39 is 0 Å². The van der Waals surface area contributed by atoms with E-state index in [-0.39, 0.29) is 11.6 Å². The van der Waals surface area contributed by atoms with Gasteiger partial charge in [0.2, 0.25) is 0 Å². The normalized spacial score (nSPS) is 21.3. The van der Waals surface area contributed by atoms with Gasteiger partial charge in [0, 0.05) is 11.9 Å². The quantitative estimate of drug-likeness (QED) is 0.436. The van der Waals surface area contributed by atoms with Gasteiger partial charge in [-0.3, -0.25) is 0 Å². The van der Waals surface area contributed by atoms with Gasteiger partial charge < -0.3 is 5.32 Å². The van der Waals surface area contributed by atoms with Gasteiger partial charge in [-0.1, -0.05) is 73.5 Å². The van der Waals surface area contributed by atoms with Gasteiger partial charge in [0.05, 0.1) is 11.7 Å². The summed E-state index contributed by atoms with van der Waals surface area (Å²) in [5.74, 6) is 1.81. The Bertz CT molecular complexity index is 831. The lowest BCUT2D eigenvalue weighted by atomic mass is 9.76. The van der Waals surface area contributed by atoms with Crippen LogP contribution in [-0.4, -0.2) is 15.7 Å². The molecular formula is C22H24ClN3. The first kappa shape index (κ1) is 17.2. The smallest absolute Gasteiger partial charge is 0.125 e. The molecular weight excluding hydrogens is 342 g/mol. The average Bonchev–Trinajstić information content (AvgIpc) is 3.26. The summed E-state index contributed by atoms with van der Waals surface area (Å²) in [5.41, 5.74) is 2.40. The van der Waals surface area contributed by atoms with Crippen LogP contribution in [0.15, 0.2) is 72.9 Å². The van der Waals surface area contributed by atoms with E-state index in [2.05, 4.69) is 81.8 Å². The summed E-state index contributed by atoms with van der Waals surface area (Å²) in [6.07, 6.45) is 6.25. The maximum Gasteiger partial charge on any atom is 0.125 e. The molecule has 0 radical (unpaired) electrons. The molecule has 26 heavy (non-hydrogen) atoms. The van der Waals surface area contributed by atoms with Crippen molar-refractivity contribution >= 4 is 17.4 Å². The Morgan fingerprint density at radius 3 is 2.38 bits per heavy atom. The highest BCUT2D eigenvalue weighted by Gasteiger charge is 2.48. The molecule has 0 saturated heterocycles. The number of benzene rings is 2. The SMILES string of the molecule is ClCCCCCC1(c2ccccc2)Nc2ccnn2C1c1ccccc1. The Balaban J connectivity index is 1.79. The van der Waals surface area contributed by atoms with E-state index >= 15 is 0 Å². The second-order valence-electron chi connectivity index (χ2n) is 6.94. The van der Waals surface area contributed by atoms with Crippen LogP contribution in [0.25, 0.3) is 0 Å². The van der Waals surface area contributed by atoms with Gasteiger partial charge in [-0.2, -0.15) is 5.10 Å². The van der Waals surface area contributed by atoms with E-state index in [1.165, 1.54) is 11.1 Å². The third-order valence-electron chi connectivity index (χ3n) is 5.34. The fourth-order valence-electron chi connectivity index (χ4n) is 4.17. The summed E-state index contributed by atoms with van der Waals surface area (Å²) >= 11 is 5.90. The highest BCUT2D eigenvalue weighted by atomic mass is 35.5. The molecule has 0 aliphatic carbocycles. The molecule has 134 valence electrons. The number of halogens is 1. The minimum Gasteiger partial charge on any atom is -0.358 e. The molecule has 1 aliphatic heterocycles. The first-order chi connectivity index (χ1) is 12.8. The molecule has 3 aromatic rings. The second kappa shape index (κ2) is 7.55. The summed E-state index contributed by atoms with van der Waals surface area (Å²) in [6.45, 7) is 0. The van der Waals surface area contributed by atoms with Crippen molar-refractivity contribution in [2.75, 3.05) is 11.2 Å².